The van der Waals surface area contributed by atoms with Gasteiger partial charge in [0.25, 0.3) is 0 Å². The first kappa shape index (κ1) is 11.9. The molecule has 92 valence electrons. The van der Waals surface area contributed by atoms with E-state index in [-0.39, 0.29) is 11.1 Å². The molecule has 2 rings (SSSR count). The quantitative estimate of drug-likeness (QED) is 0.502. The Balaban J connectivity index is 2.16. The monoisotopic (exact) mass is 245 g/mol. The first-order valence-corrected chi connectivity index (χ1v) is 7.38. The van der Waals surface area contributed by atoms with Crippen molar-refractivity contribution in [2.75, 3.05) is 0 Å². The van der Waals surface area contributed by atoms with Crippen LogP contribution in [-0.2, 0) is 10.0 Å². The standard InChI is InChI=1S/C10H19N3O2S/c11-9(12)10(6-2-1-3-7-10)13-16(14,15)8-4-5-8/h8,13H,1-7H2,(H3,11,12). The smallest absolute Gasteiger partial charge is 0.215 e. The summed E-state index contributed by atoms with van der Waals surface area (Å²) in [5.74, 6) is -0.0311. The van der Waals surface area contributed by atoms with Crippen molar-refractivity contribution in [1.82, 2.24) is 4.72 Å². The van der Waals surface area contributed by atoms with Gasteiger partial charge in [0.15, 0.2) is 0 Å². The average molecular weight is 245 g/mol. The Bertz CT molecular complexity index is 381. The lowest BCUT2D eigenvalue weighted by Gasteiger charge is -2.36. The number of nitrogens with one attached hydrogen (secondary N) is 2. The summed E-state index contributed by atoms with van der Waals surface area (Å²) < 4.78 is 26.5. The van der Waals surface area contributed by atoms with Crippen molar-refractivity contribution < 1.29 is 8.42 Å². The molecule has 0 atom stereocenters. The molecular formula is C10H19N3O2S. The van der Waals surface area contributed by atoms with Gasteiger partial charge in [-0.15, -0.1) is 0 Å². The molecule has 0 spiro atoms. The summed E-state index contributed by atoms with van der Waals surface area (Å²) in [4.78, 5) is 0. The molecule has 5 nitrogen and oxygen atoms in total. The lowest BCUT2D eigenvalue weighted by molar-refractivity contribution is 0.348. The van der Waals surface area contributed by atoms with Gasteiger partial charge in [0, 0.05) is 0 Å². The second-order valence-electron chi connectivity index (χ2n) is 4.90. The molecule has 2 fully saturated rings. The van der Waals surface area contributed by atoms with Crippen LogP contribution in [-0.4, -0.2) is 25.0 Å². The number of rotatable bonds is 4. The molecule has 0 aromatic rings. The average Bonchev–Trinajstić information content (AvgIpc) is 3.01. The molecule has 0 aromatic heterocycles. The lowest BCUT2D eigenvalue weighted by Crippen LogP contribution is -2.58. The Hall–Kier alpha value is -0.620. The molecule has 4 N–H and O–H groups in total. The molecule has 0 unspecified atom stereocenters. The SMILES string of the molecule is N=C(N)C1(NS(=O)(=O)C2CC2)CCCCC1. The zero-order valence-electron chi connectivity index (χ0n) is 9.33. The topological polar surface area (TPSA) is 96.0 Å². The molecule has 16 heavy (non-hydrogen) atoms. The summed E-state index contributed by atoms with van der Waals surface area (Å²) in [5, 5.41) is 7.38. The van der Waals surface area contributed by atoms with Crippen molar-refractivity contribution >= 4 is 15.9 Å². The lowest BCUT2D eigenvalue weighted by atomic mass is 9.82. The van der Waals surface area contributed by atoms with Crippen molar-refractivity contribution in [3.8, 4) is 0 Å². The number of sulfonamides is 1. The van der Waals surface area contributed by atoms with Crippen LogP contribution in [0.2, 0.25) is 0 Å². The summed E-state index contributed by atoms with van der Waals surface area (Å²) in [6, 6.07) is 0. The van der Waals surface area contributed by atoms with Crippen LogP contribution in [0.15, 0.2) is 0 Å². The summed E-state index contributed by atoms with van der Waals surface area (Å²) in [5.41, 5.74) is 4.79. The van der Waals surface area contributed by atoms with Crippen molar-refractivity contribution in [2.24, 2.45) is 5.73 Å². The fourth-order valence-electron chi connectivity index (χ4n) is 2.32. The van der Waals surface area contributed by atoms with Gasteiger partial charge in [-0.3, -0.25) is 5.41 Å². The Labute approximate surface area is 96.3 Å². The van der Waals surface area contributed by atoms with Gasteiger partial charge in [-0.25, -0.2) is 13.1 Å². The van der Waals surface area contributed by atoms with Crippen LogP contribution in [0.3, 0.4) is 0 Å². The maximum absolute atomic E-state index is 11.9. The van der Waals surface area contributed by atoms with Gasteiger partial charge in [0.2, 0.25) is 10.0 Å². The van der Waals surface area contributed by atoms with E-state index in [0.717, 1.165) is 32.1 Å². The van der Waals surface area contributed by atoms with Gasteiger partial charge in [-0.2, -0.15) is 0 Å². The highest BCUT2D eigenvalue weighted by Gasteiger charge is 2.44. The summed E-state index contributed by atoms with van der Waals surface area (Å²) in [6.07, 6.45) is 5.77. The summed E-state index contributed by atoms with van der Waals surface area (Å²) in [6.45, 7) is 0. The van der Waals surface area contributed by atoms with Crippen molar-refractivity contribution in [1.29, 1.82) is 5.41 Å². The molecule has 2 aliphatic carbocycles. The molecule has 0 saturated heterocycles. The first-order valence-electron chi connectivity index (χ1n) is 5.84. The van der Waals surface area contributed by atoms with Crippen molar-refractivity contribution in [3.63, 3.8) is 0 Å². The molecule has 0 bridgehead atoms. The predicted molar refractivity (Wildman–Crippen MR) is 62.8 cm³/mol. The van der Waals surface area contributed by atoms with Crippen LogP contribution >= 0.6 is 0 Å². The second kappa shape index (κ2) is 4.00. The maximum atomic E-state index is 11.9. The minimum Gasteiger partial charge on any atom is -0.386 e. The van der Waals surface area contributed by atoms with E-state index < -0.39 is 15.6 Å². The van der Waals surface area contributed by atoms with Gasteiger partial charge in [0.05, 0.1) is 10.8 Å². The minimum absolute atomic E-state index is 0.0311. The van der Waals surface area contributed by atoms with E-state index in [0.29, 0.717) is 12.8 Å². The van der Waals surface area contributed by atoms with E-state index in [1.165, 1.54) is 0 Å². The van der Waals surface area contributed by atoms with Gasteiger partial charge in [0.1, 0.15) is 5.84 Å². The minimum atomic E-state index is -3.26. The van der Waals surface area contributed by atoms with Gasteiger partial charge >= 0.3 is 0 Å². The van der Waals surface area contributed by atoms with Gasteiger partial charge in [-0.05, 0) is 25.7 Å². The molecular weight excluding hydrogens is 226 g/mol. The van der Waals surface area contributed by atoms with Crippen LogP contribution in [0.1, 0.15) is 44.9 Å². The van der Waals surface area contributed by atoms with E-state index >= 15 is 0 Å². The Morgan fingerprint density at radius 2 is 1.81 bits per heavy atom. The normalized spacial score (nSPS) is 25.2. The highest BCUT2D eigenvalue weighted by molar-refractivity contribution is 7.90. The zero-order chi connectivity index (χ0) is 11.8. The van der Waals surface area contributed by atoms with E-state index in [9.17, 15) is 8.42 Å². The van der Waals surface area contributed by atoms with E-state index in [1.807, 2.05) is 0 Å². The zero-order valence-corrected chi connectivity index (χ0v) is 10.1. The molecule has 0 aromatic carbocycles. The van der Waals surface area contributed by atoms with Gasteiger partial charge in [-0.1, -0.05) is 19.3 Å². The number of nitrogens with two attached hydrogens (primary N) is 1. The molecule has 0 aliphatic heterocycles. The van der Waals surface area contributed by atoms with E-state index in [2.05, 4.69) is 4.72 Å². The third-order valence-electron chi connectivity index (χ3n) is 3.52. The Kier molecular flexibility index (Phi) is 2.96. The van der Waals surface area contributed by atoms with Crippen LogP contribution in [0.5, 0.6) is 0 Å². The Morgan fingerprint density at radius 1 is 1.25 bits per heavy atom. The van der Waals surface area contributed by atoms with Crippen LogP contribution in [0.4, 0.5) is 0 Å². The highest BCUT2D eigenvalue weighted by atomic mass is 32.2. The highest BCUT2D eigenvalue weighted by Crippen LogP contribution is 2.33. The third-order valence-corrected chi connectivity index (χ3v) is 5.55. The van der Waals surface area contributed by atoms with Crippen molar-refractivity contribution in [2.45, 2.75) is 55.7 Å². The fraction of sp³-hybridized carbons (Fsp3) is 0.900. The first-order chi connectivity index (χ1) is 7.46. The predicted octanol–water partition coefficient (Wildman–Crippen LogP) is 0.707. The van der Waals surface area contributed by atoms with Crippen molar-refractivity contribution in [3.05, 3.63) is 0 Å². The largest absolute Gasteiger partial charge is 0.386 e. The van der Waals surface area contributed by atoms with Crippen LogP contribution < -0.4 is 10.5 Å². The maximum Gasteiger partial charge on any atom is 0.215 e. The van der Waals surface area contributed by atoms with E-state index in [1.54, 1.807) is 0 Å². The second-order valence-corrected chi connectivity index (χ2v) is 6.86. The summed E-state index contributed by atoms with van der Waals surface area (Å²) >= 11 is 0. The van der Waals surface area contributed by atoms with Crippen LogP contribution in [0, 0.1) is 5.41 Å². The molecule has 6 heteroatoms. The third kappa shape index (κ3) is 2.22. The Morgan fingerprint density at radius 3 is 2.25 bits per heavy atom. The number of hydrogen-bond acceptors (Lipinski definition) is 3. The molecule has 2 aliphatic rings. The molecule has 0 heterocycles. The molecule has 0 amide bonds. The van der Waals surface area contributed by atoms with E-state index in [4.69, 9.17) is 11.1 Å². The number of amidine groups is 1. The number of hydrogen-bond donors (Lipinski definition) is 3. The van der Waals surface area contributed by atoms with Crippen LogP contribution in [0.25, 0.3) is 0 Å². The van der Waals surface area contributed by atoms with Gasteiger partial charge < -0.3 is 5.73 Å². The fourth-order valence-corrected chi connectivity index (χ4v) is 4.10. The molecule has 0 radical (unpaired) electrons. The molecule has 2 saturated carbocycles. The summed E-state index contributed by atoms with van der Waals surface area (Å²) in [7, 11) is -3.26.